The minimum Gasteiger partial charge on any atom is -0.350 e. The van der Waals surface area contributed by atoms with Crippen molar-refractivity contribution in [1.82, 2.24) is 15.6 Å². The largest absolute Gasteiger partial charge is 0.350 e. The summed E-state index contributed by atoms with van der Waals surface area (Å²) >= 11 is 1.37. The van der Waals surface area contributed by atoms with Gasteiger partial charge in [0.25, 0.3) is 5.91 Å². The number of carbonyl (C=O) groups excluding carboxylic acids is 2. The van der Waals surface area contributed by atoms with Crippen molar-refractivity contribution in [2.75, 3.05) is 0 Å². The van der Waals surface area contributed by atoms with Crippen molar-refractivity contribution >= 4 is 23.2 Å². The highest BCUT2D eigenvalue weighted by Gasteiger charge is 2.20. The van der Waals surface area contributed by atoms with E-state index in [1.54, 1.807) is 6.92 Å². The third-order valence-electron chi connectivity index (χ3n) is 4.30. The number of hydrogen-bond acceptors (Lipinski definition) is 4. The summed E-state index contributed by atoms with van der Waals surface area (Å²) in [6, 6.07) is 19.0. The number of aryl methyl sites for hydroxylation is 1. The van der Waals surface area contributed by atoms with E-state index < -0.39 is 6.04 Å². The Labute approximate surface area is 168 Å². The molecule has 0 bridgehead atoms. The topological polar surface area (TPSA) is 71.1 Å². The van der Waals surface area contributed by atoms with E-state index >= 15 is 0 Å². The van der Waals surface area contributed by atoms with Crippen molar-refractivity contribution in [3.05, 3.63) is 87.4 Å². The first-order valence-corrected chi connectivity index (χ1v) is 9.97. The molecule has 0 radical (unpaired) electrons. The van der Waals surface area contributed by atoms with Crippen molar-refractivity contribution < 1.29 is 9.59 Å². The Hall–Kier alpha value is -2.99. The minimum atomic E-state index is -0.629. The van der Waals surface area contributed by atoms with Crippen molar-refractivity contribution in [3.8, 4) is 0 Å². The quantitative estimate of drug-likeness (QED) is 0.646. The van der Waals surface area contributed by atoms with Gasteiger partial charge >= 0.3 is 0 Å². The van der Waals surface area contributed by atoms with Gasteiger partial charge in [0.05, 0.1) is 10.7 Å². The van der Waals surface area contributed by atoms with Crippen LogP contribution in [0.25, 0.3) is 0 Å². The van der Waals surface area contributed by atoms with E-state index in [4.69, 9.17) is 0 Å². The van der Waals surface area contributed by atoms with Gasteiger partial charge in [-0.2, -0.15) is 0 Å². The van der Waals surface area contributed by atoms with Gasteiger partial charge in [-0.25, -0.2) is 4.98 Å². The number of benzene rings is 2. The third-order valence-corrected chi connectivity index (χ3v) is 5.45. The van der Waals surface area contributed by atoms with Crippen LogP contribution in [-0.4, -0.2) is 22.8 Å². The molecule has 1 heterocycles. The van der Waals surface area contributed by atoms with Crippen LogP contribution in [0.15, 0.2) is 60.7 Å². The molecule has 28 heavy (non-hydrogen) atoms. The fourth-order valence-electron chi connectivity index (χ4n) is 2.77. The molecular weight excluding hydrogens is 370 g/mol. The van der Waals surface area contributed by atoms with E-state index in [1.807, 2.05) is 67.6 Å². The molecule has 1 atom stereocenters. The van der Waals surface area contributed by atoms with Crippen LogP contribution >= 0.6 is 11.3 Å². The molecule has 0 saturated carbocycles. The lowest BCUT2D eigenvalue weighted by atomic mass is 10.2. The van der Waals surface area contributed by atoms with Gasteiger partial charge in [0.15, 0.2) is 0 Å². The fraction of sp³-hybridized carbons (Fsp3) is 0.227. The van der Waals surface area contributed by atoms with Crippen LogP contribution in [0.1, 0.15) is 38.4 Å². The first kappa shape index (κ1) is 19.8. The molecule has 3 rings (SSSR count). The molecule has 0 aliphatic carbocycles. The van der Waals surface area contributed by atoms with Crippen LogP contribution in [0.3, 0.4) is 0 Å². The van der Waals surface area contributed by atoms with Crippen LogP contribution in [0, 0.1) is 6.92 Å². The number of carbonyl (C=O) groups is 2. The SMILES string of the molecule is Cc1nc(Cc2ccccc2)sc1C(=O)NC(C)C(=O)NCc1ccccc1. The smallest absolute Gasteiger partial charge is 0.263 e. The number of aromatic nitrogens is 1. The number of hydrogen-bond donors (Lipinski definition) is 2. The summed E-state index contributed by atoms with van der Waals surface area (Å²) in [5.74, 6) is -0.486. The van der Waals surface area contributed by atoms with Gasteiger partial charge in [-0.1, -0.05) is 60.7 Å². The molecule has 0 aliphatic rings. The third kappa shape index (κ3) is 5.27. The standard InChI is InChI=1S/C22H23N3O2S/c1-15-20(28-19(24-15)13-17-9-5-3-6-10-17)22(27)25-16(2)21(26)23-14-18-11-7-4-8-12-18/h3-12,16H,13-14H2,1-2H3,(H,23,26)(H,25,27). The zero-order valence-electron chi connectivity index (χ0n) is 15.9. The second kappa shape index (κ2) is 9.28. The Morgan fingerprint density at radius 1 is 1.00 bits per heavy atom. The maximum Gasteiger partial charge on any atom is 0.263 e. The summed E-state index contributed by atoms with van der Waals surface area (Å²) in [7, 11) is 0. The van der Waals surface area contributed by atoms with E-state index in [-0.39, 0.29) is 11.8 Å². The molecule has 2 N–H and O–H groups in total. The Morgan fingerprint density at radius 2 is 1.61 bits per heavy atom. The Morgan fingerprint density at radius 3 is 2.25 bits per heavy atom. The van der Waals surface area contributed by atoms with Gasteiger partial charge in [0.2, 0.25) is 5.91 Å². The van der Waals surface area contributed by atoms with Crippen LogP contribution < -0.4 is 10.6 Å². The molecule has 0 spiro atoms. The molecule has 3 aromatic rings. The summed E-state index contributed by atoms with van der Waals surface area (Å²) in [6.07, 6.45) is 0.687. The van der Waals surface area contributed by atoms with Gasteiger partial charge in [-0.15, -0.1) is 11.3 Å². The Kier molecular flexibility index (Phi) is 6.55. The average molecular weight is 394 g/mol. The average Bonchev–Trinajstić information content (AvgIpc) is 3.07. The van der Waals surface area contributed by atoms with Crippen LogP contribution in [0.4, 0.5) is 0 Å². The number of rotatable bonds is 7. The lowest BCUT2D eigenvalue weighted by Gasteiger charge is -2.13. The van der Waals surface area contributed by atoms with E-state index in [1.165, 1.54) is 11.3 Å². The summed E-state index contributed by atoms with van der Waals surface area (Å²) in [6.45, 7) is 3.93. The van der Waals surface area contributed by atoms with Gasteiger partial charge in [0.1, 0.15) is 10.9 Å². The highest BCUT2D eigenvalue weighted by Crippen LogP contribution is 2.21. The monoisotopic (exact) mass is 393 g/mol. The van der Waals surface area contributed by atoms with Crippen molar-refractivity contribution in [2.24, 2.45) is 0 Å². The van der Waals surface area contributed by atoms with E-state index in [0.717, 1.165) is 16.1 Å². The van der Waals surface area contributed by atoms with E-state index in [9.17, 15) is 9.59 Å². The maximum absolute atomic E-state index is 12.6. The minimum absolute atomic E-state index is 0.219. The van der Waals surface area contributed by atoms with Crippen molar-refractivity contribution in [1.29, 1.82) is 0 Å². The van der Waals surface area contributed by atoms with Gasteiger partial charge in [-0.05, 0) is 25.0 Å². The highest BCUT2D eigenvalue weighted by atomic mass is 32.1. The van der Waals surface area contributed by atoms with Gasteiger partial charge in [0, 0.05) is 13.0 Å². The van der Waals surface area contributed by atoms with E-state index in [2.05, 4.69) is 15.6 Å². The van der Waals surface area contributed by atoms with Crippen LogP contribution in [0.5, 0.6) is 0 Å². The highest BCUT2D eigenvalue weighted by molar-refractivity contribution is 7.13. The molecule has 0 aliphatic heterocycles. The van der Waals surface area contributed by atoms with Gasteiger partial charge < -0.3 is 10.6 Å². The number of thiazole rings is 1. The number of nitrogens with zero attached hydrogens (tertiary/aromatic N) is 1. The summed E-state index contributed by atoms with van der Waals surface area (Å²) in [4.78, 5) is 29.9. The number of nitrogens with one attached hydrogen (secondary N) is 2. The molecule has 2 aromatic carbocycles. The van der Waals surface area contributed by atoms with Crippen molar-refractivity contribution in [3.63, 3.8) is 0 Å². The zero-order valence-corrected chi connectivity index (χ0v) is 16.8. The predicted octanol–water partition coefficient (Wildman–Crippen LogP) is 3.48. The predicted molar refractivity (Wildman–Crippen MR) is 111 cm³/mol. The normalized spacial score (nSPS) is 11.6. The molecule has 1 unspecified atom stereocenters. The van der Waals surface area contributed by atoms with Gasteiger partial charge in [-0.3, -0.25) is 9.59 Å². The zero-order chi connectivity index (χ0) is 19.9. The van der Waals surface area contributed by atoms with E-state index in [0.29, 0.717) is 23.5 Å². The van der Waals surface area contributed by atoms with Crippen LogP contribution in [-0.2, 0) is 17.8 Å². The summed E-state index contributed by atoms with van der Waals surface area (Å²) in [5, 5.41) is 6.50. The second-order valence-corrected chi connectivity index (χ2v) is 7.67. The van der Waals surface area contributed by atoms with Crippen LogP contribution in [0.2, 0.25) is 0 Å². The first-order valence-electron chi connectivity index (χ1n) is 9.15. The Balaban J connectivity index is 1.57. The molecule has 1 aromatic heterocycles. The second-order valence-electron chi connectivity index (χ2n) is 6.58. The summed E-state index contributed by atoms with van der Waals surface area (Å²) in [5.41, 5.74) is 2.85. The first-order chi connectivity index (χ1) is 13.5. The lowest BCUT2D eigenvalue weighted by Crippen LogP contribution is -2.44. The summed E-state index contributed by atoms with van der Waals surface area (Å²) < 4.78 is 0. The molecule has 2 amide bonds. The Bertz CT molecular complexity index is 939. The molecule has 144 valence electrons. The molecule has 5 nitrogen and oxygen atoms in total. The number of amides is 2. The lowest BCUT2D eigenvalue weighted by molar-refractivity contribution is -0.122. The van der Waals surface area contributed by atoms with Crippen molar-refractivity contribution in [2.45, 2.75) is 32.9 Å². The molecule has 6 heteroatoms. The fourth-order valence-corrected chi connectivity index (χ4v) is 3.78. The molecule has 0 saturated heterocycles. The molecule has 0 fully saturated rings. The maximum atomic E-state index is 12.6. The molecular formula is C22H23N3O2S.